The van der Waals surface area contributed by atoms with Gasteiger partial charge in [-0.25, -0.2) is 0 Å². The second-order valence-electron chi connectivity index (χ2n) is 3.76. The molecule has 1 heterocycles. The molecule has 88 valence electrons. The van der Waals surface area contributed by atoms with Gasteiger partial charge in [-0.05, 0) is 53.8 Å². The quantitative estimate of drug-likeness (QED) is 0.854. The third kappa shape index (κ3) is 2.85. The third-order valence-electron chi connectivity index (χ3n) is 2.36. The maximum Gasteiger partial charge on any atom is 0.259 e. The van der Waals surface area contributed by atoms with Crippen molar-refractivity contribution in [3.05, 3.63) is 45.3 Å². The highest BCUT2D eigenvalue weighted by Gasteiger charge is 2.12. The third-order valence-corrected chi connectivity index (χ3v) is 3.08. The first kappa shape index (κ1) is 12.1. The molecule has 1 aromatic heterocycles. The summed E-state index contributed by atoms with van der Waals surface area (Å²) < 4.78 is 2.77. The van der Waals surface area contributed by atoms with E-state index in [9.17, 15) is 4.79 Å². The lowest BCUT2D eigenvalue weighted by molar-refractivity contribution is 0.102. The Morgan fingerprint density at radius 1 is 1.35 bits per heavy atom. The molecular weight excluding hydrogens is 329 g/mol. The molecule has 0 saturated carbocycles. The molecule has 0 spiro atoms. The summed E-state index contributed by atoms with van der Waals surface area (Å²) in [5.41, 5.74) is 2.13. The number of amides is 1. The molecule has 2 rings (SSSR count). The van der Waals surface area contributed by atoms with Crippen LogP contribution in [0.25, 0.3) is 0 Å². The van der Waals surface area contributed by atoms with E-state index in [4.69, 9.17) is 0 Å². The lowest BCUT2D eigenvalue weighted by Gasteiger charge is -2.03. The van der Waals surface area contributed by atoms with E-state index in [1.54, 1.807) is 17.9 Å². The molecule has 0 radical (unpaired) electrons. The van der Waals surface area contributed by atoms with Crippen LogP contribution < -0.4 is 5.32 Å². The Bertz CT molecular complexity index is 545. The molecule has 0 bridgehead atoms. The average molecular weight is 341 g/mol. The number of anilines is 1. The Balaban J connectivity index is 2.17. The SMILES string of the molecule is Cc1nn(C)cc1C(=O)Nc1ccc(I)cc1. The maximum atomic E-state index is 12.0. The number of hydrogen-bond donors (Lipinski definition) is 1. The van der Waals surface area contributed by atoms with Crippen molar-refractivity contribution in [2.24, 2.45) is 7.05 Å². The minimum Gasteiger partial charge on any atom is -0.322 e. The zero-order chi connectivity index (χ0) is 12.4. The fourth-order valence-corrected chi connectivity index (χ4v) is 1.91. The Morgan fingerprint density at radius 3 is 2.53 bits per heavy atom. The van der Waals surface area contributed by atoms with Crippen LogP contribution >= 0.6 is 22.6 Å². The van der Waals surface area contributed by atoms with Gasteiger partial charge in [-0.3, -0.25) is 9.48 Å². The van der Waals surface area contributed by atoms with E-state index >= 15 is 0 Å². The molecule has 2 aromatic rings. The van der Waals surface area contributed by atoms with Crippen molar-refractivity contribution in [3.63, 3.8) is 0 Å². The van der Waals surface area contributed by atoms with Gasteiger partial charge in [-0.2, -0.15) is 5.10 Å². The van der Waals surface area contributed by atoms with Crippen LogP contribution in [-0.4, -0.2) is 15.7 Å². The highest BCUT2D eigenvalue weighted by molar-refractivity contribution is 14.1. The van der Waals surface area contributed by atoms with Gasteiger partial charge in [-0.1, -0.05) is 0 Å². The summed E-state index contributed by atoms with van der Waals surface area (Å²) in [7, 11) is 1.80. The Hall–Kier alpha value is -1.37. The first-order valence-electron chi connectivity index (χ1n) is 5.13. The van der Waals surface area contributed by atoms with Crippen molar-refractivity contribution < 1.29 is 4.79 Å². The van der Waals surface area contributed by atoms with Crippen molar-refractivity contribution in [1.82, 2.24) is 9.78 Å². The molecule has 0 unspecified atom stereocenters. The van der Waals surface area contributed by atoms with E-state index in [0.29, 0.717) is 5.56 Å². The number of hydrogen-bond acceptors (Lipinski definition) is 2. The van der Waals surface area contributed by atoms with Gasteiger partial charge in [0.05, 0.1) is 11.3 Å². The molecule has 0 atom stereocenters. The minimum atomic E-state index is -0.128. The summed E-state index contributed by atoms with van der Waals surface area (Å²) in [4.78, 5) is 12.0. The summed E-state index contributed by atoms with van der Waals surface area (Å²) in [6.07, 6.45) is 1.72. The molecular formula is C12H12IN3O. The molecule has 0 aliphatic heterocycles. The standard InChI is InChI=1S/C12H12IN3O/c1-8-11(7-16(2)15-8)12(17)14-10-5-3-9(13)4-6-10/h3-7H,1-2H3,(H,14,17). The second kappa shape index (κ2) is 4.87. The predicted octanol–water partition coefficient (Wildman–Crippen LogP) is 2.59. The zero-order valence-corrected chi connectivity index (χ0v) is 11.7. The van der Waals surface area contributed by atoms with Crippen LogP contribution in [0.1, 0.15) is 16.1 Å². The molecule has 0 saturated heterocycles. The maximum absolute atomic E-state index is 12.0. The van der Waals surface area contributed by atoms with Crippen LogP contribution in [0, 0.1) is 10.5 Å². The van der Waals surface area contributed by atoms with Crippen LogP contribution in [0.2, 0.25) is 0 Å². The van der Waals surface area contributed by atoms with E-state index < -0.39 is 0 Å². The summed E-state index contributed by atoms with van der Waals surface area (Å²) in [5.74, 6) is -0.128. The number of carbonyl (C=O) groups is 1. The Labute approximate surface area is 113 Å². The smallest absolute Gasteiger partial charge is 0.259 e. The zero-order valence-electron chi connectivity index (χ0n) is 9.57. The largest absolute Gasteiger partial charge is 0.322 e. The van der Waals surface area contributed by atoms with Gasteiger partial charge in [0.25, 0.3) is 5.91 Å². The van der Waals surface area contributed by atoms with Gasteiger partial charge in [-0.15, -0.1) is 0 Å². The predicted molar refractivity (Wildman–Crippen MR) is 75.1 cm³/mol. The summed E-state index contributed by atoms with van der Waals surface area (Å²) in [5, 5.41) is 6.99. The number of benzene rings is 1. The number of halogens is 1. The van der Waals surface area contributed by atoms with Crippen molar-refractivity contribution >= 4 is 34.2 Å². The van der Waals surface area contributed by atoms with Crippen LogP contribution in [0.3, 0.4) is 0 Å². The number of rotatable bonds is 2. The molecule has 0 aliphatic carbocycles. The number of carbonyl (C=O) groups excluding carboxylic acids is 1. The van der Waals surface area contributed by atoms with Crippen molar-refractivity contribution in [2.45, 2.75) is 6.92 Å². The molecule has 0 aliphatic rings. The fourth-order valence-electron chi connectivity index (χ4n) is 1.55. The van der Waals surface area contributed by atoms with Crippen molar-refractivity contribution in [2.75, 3.05) is 5.32 Å². The summed E-state index contributed by atoms with van der Waals surface area (Å²) in [6.45, 7) is 1.82. The average Bonchev–Trinajstić information content (AvgIpc) is 2.61. The highest BCUT2D eigenvalue weighted by atomic mass is 127. The van der Waals surface area contributed by atoms with Crippen molar-refractivity contribution in [3.8, 4) is 0 Å². The first-order valence-corrected chi connectivity index (χ1v) is 6.21. The summed E-state index contributed by atoms with van der Waals surface area (Å²) >= 11 is 2.22. The molecule has 5 heteroatoms. The molecule has 17 heavy (non-hydrogen) atoms. The molecule has 4 nitrogen and oxygen atoms in total. The van der Waals surface area contributed by atoms with Crippen LogP contribution in [-0.2, 0) is 7.05 Å². The van der Waals surface area contributed by atoms with Crippen LogP contribution in [0.5, 0.6) is 0 Å². The van der Waals surface area contributed by atoms with Gasteiger partial charge in [0.1, 0.15) is 0 Å². The highest BCUT2D eigenvalue weighted by Crippen LogP contribution is 2.13. The van der Waals surface area contributed by atoms with Gasteiger partial charge >= 0.3 is 0 Å². The van der Waals surface area contributed by atoms with Gasteiger partial charge in [0, 0.05) is 22.5 Å². The first-order chi connectivity index (χ1) is 8.06. The van der Waals surface area contributed by atoms with E-state index in [2.05, 4.69) is 33.0 Å². The number of nitrogens with zero attached hydrogens (tertiary/aromatic N) is 2. The summed E-state index contributed by atoms with van der Waals surface area (Å²) in [6, 6.07) is 7.66. The number of aromatic nitrogens is 2. The molecule has 0 fully saturated rings. The van der Waals surface area contributed by atoms with E-state index in [1.807, 2.05) is 31.2 Å². The molecule has 1 amide bonds. The van der Waals surface area contributed by atoms with Gasteiger partial charge < -0.3 is 5.32 Å². The van der Waals surface area contributed by atoms with Gasteiger partial charge in [0.15, 0.2) is 0 Å². The lowest BCUT2D eigenvalue weighted by Crippen LogP contribution is -2.12. The topological polar surface area (TPSA) is 46.9 Å². The van der Waals surface area contributed by atoms with Gasteiger partial charge in [0.2, 0.25) is 0 Å². The second-order valence-corrected chi connectivity index (χ2v) is 5.01. The molecule has 1 aromatic carbocycles. The fraction of sp³-hybridized carbons (Fsp3) is 0.167. The van der Waals surface area contributed by atoms with E-state index in [-0.39, 0.29) is 5.91 Å². The van der Waals surface area contributed by atoms with E-state index in [1.165, 1.54) is 0 Å². The van der Waals surface area contributed by atoms with E-state index in [0.717, 1.165) is 15.0 Å². The van der Waals surface area contributed by atoms with Crippen LogP contribution in [0.15, 0.2) is 30.5 Å². The lowest BCUT2D eigenvalue weighted by atomic mass is 10.2. The van der Waals surface area contributed by atoms with Crippen molar-refractivity contribution in [1.29, 1.82) is 0 Å². The normalized spacial score (nSPS) is 10.3. The monoisotopic (exact) mass is 341 g/mol. The Kier molecular flexibility index (Phi) is 3.46. The number of aryl methyl sites for hydroxylation is 2. The van der Waals surface area contributed by atoms with Crippen LogP contribution in [0.4, 0.5) is 5.69 Å². The number of nitrogens with one attached hydrogen (secondary N) is 1. The molecule has 1 N–H and O–H groups in total. The minimum absolute atomic E-state index is 0.128. The Morgan fingerprint density at radius 2 is 2.00 bits per heavy atom.